The summed E-state index contributed by atoms with van der Waals surface area (Å²) in [7, 11) is 1.60. The maximum absolute atomic E-state index is 12.9. The lowest BCUT2D eigenvalue weighted by molar-refractivity contribution is -0.140. The summed E-state index contributed by atoms with van der Waals surface area (Å²) in [6.45, 7) is 2.59. The van der Waals surface area contributed by atoms with E-state index < -0.39 is 11.6 Å². The van der Waals surface area contributed by atoms with Gasteiger partial charge in [0.25, 0.3) is 11.5 Å². The number of urea groups is 1. The Bertz CT molecular complexity index is 900. The number of carbonyl (C=O) groups excluding carboxylic acids is 3. The molecule has 4 amide bonds. The zero-order valence-corrected chi connectivity index (χ0v) is 16.2. The fourth-order valence-electron chi connectivity index (χ4n) is 4.36. The first-order valence-corrected chi connectivity index (χ1v) is 9.77. The molecule has 150 valence electrons. The smallest absolute Gasteiger partial charge is 0.325 e. The van der Waals surface area contributed by atoms with E-state index in [-0.39, 0.29) is 30.5 Å². The van der Waals surface area contributed by atoms with E-state index in [1.165, 1.54) is 10.7 Å². The molecule has 0 radical (unpaired) electrons. The van der Waals surface area contributed by atoms with E-state index in [1.54, 1.807) is 11.9 Å². The van der Waals surface area contributed by atoms with Crippen molar-refractivity contribution in [2.45, 2.75) is 51.1 Å². The lowest BCUT2D eigenvalue weighted by Gasteiger charge is -2.33. The highest BCUT2D eigenvalue weighted by Gasteiger charge is 2.52. The molecule has 1 aliphatic carbocycles. The third-order valence-corrected chi connectivity index (χ3v) is 6.26. The molecule has 0 unspecified atom stereocenters. The van der Waals surface area contributed by atoms with Crippen LogP contribution in [0, 0.1) is 5.92 Å². The van der Waals surface area contributed by atoms with Gasteiger partial charge in [-0.3, -0.25) is 19.3 Å². The second kappa shape index (κ2) is 6.72. The molecular weight excluding hydrogens is 362 g/mol. The normalized spacial score (nSPS) is 27.1. The van der Waals surface area contributed by atoms with Gasteiger partial charge in [0.2, 0.25) is 5.91 Å². The summed E-state index contributed by atoms with van der Waals surface area (Å²) in [5.74, 6) is -0.0394. The van der Waals surface area contributed by atoms with Crippen LogP contribution in [0.25, 0.3) is 0 Å². The summed E-state index contributed by atoms with van der Waals surface area (Å²) in [5.41, 5.74) is 0.457. The topological polar surface area (TPSA) is 105 Å². The first kappa shape index (κ1) is 18.6. The lowest BCUT2D eigenvalue weighted by atomic mass is 9.77. The van der Waals surface area contributed by atoms with E-state index in [2.05, 4.69) is 17.3 Å². The molecule has 2 aliphatic heterocycles. The van der Waals surface area contributed by atoms with Crippen LogP contribution < -0.4 is 10.9 Å². The van der Waals surface area contributed by atoms with Crippen LogP contribution in [0.1, 0.15) is 43.9 Å². The third-order valence-electron chi connectivity index (χ3n) is 6.26. The van der Waals surface area contributed by atoms with Gasteiger partial charge < -0.3 is 10.2 Å². The first-order chi connectivity index (χ1) is 13.3. The Balaban J connectivity index is 1.45. The lowest BCUT2D eigenvalue weighted by Crippen LogP contribution is -2.50. The minimum Gasteiger partial charge on any atom is -0.336 e. The van der Waals surface area contributed by atoms with Crippen molar-refractivity contribution >= 4 is 17.8 Å². The van der Waals surface area contributed by atoms with Crippen LogP contribution in [-0.2, 0) is 29.6 Å². The number of hydrogen-bond donors (Lipinski definition) is 1. The predicted octanol–water partition coefficient (Wildman–Crippen LogP) is 0.166. The molecule has 1 aromatic rings. The van der Waals surface area contributed by atoms with E-state index in [1.807, 2.05) is 0 Å². The summed E-state index contributed by atoms with van der Waals surface area (Å²) in [4.78, 5) is 52.6. The Morgan fingerprint density at radius 2 is 2.00 bits per heavy atom. The number of aromatic nitrogens is 2. The number of imide groups is 1. The molecule has 4 rings (SSSR count). The predicted molar refractivity (Wildman–Crippen MR) is 99.2 cm³/mol. The fraction of sp³-hybridized carbons (Fsp3) is 0.632. The minimum absolute atomic E-state index is 0.226. The van der Waals surface area contributed by atoms with Crippen LogP contribution in [0.4, 0.5) is 4.79 Å². The van der Waals surface area contributed by atoms with E-state index in [0.29, 0.717) is 31.7 Å². The fourth-order valence-corrected chi connectivity index (χ4v) is 4.36. The van der Waals surface area contributed by atoms with Gasteiger partial charge in [0.05, 0.1) is 5.69 Å². The molecule has 3 heterocycles. The van der Waals surface area contributed by atoms with Crippen molar-refractivity contribution in [2.75, 3.05) is 13.1 Å². The van der Waals surface area contributed by atoms with Gasteiger partial charge in [0.1, 0.15) is 12.1 Å². The second-order valence-electron chi connectivity index (χ2n) is 8.23. The molecule has 1 saturated heterocycles. The largest absolute Gasteiger partial charge is 0.336 e. The number of aryl methyl sites for hydroxylation is 1. The van der Waals surface area contributed by atoms with Gasteiger partial charge in [-0.05, 0) is 31.6 Å². The summed E-state index contributed by atoms with van der Waals surface area (Å²) in [5, 5.41) is 7.07. The molecular formula is C19H25N5O4. The molecule has 28 heavy (non-hydrogen) atoms. The van der Waals surface area contributed by atoms with Crippen LogP contribution in [0.2, 0.25) is 0 Å². The highest BCUT2D eigenvalue weighted by atomic mass is 16.2. The summed E-state index contributed by atoms with van der Waals surface area (Å²) in [6, 6.07) is 1.01. The van der Waals surface area contributed by atoms with Gasteiger partial charge in [0.15, 0.2) is 0 Å². The number of nitrogens with one attached hydrogen (secondary N) is 1. The molecule has 1 saturated carbocycles. The number of hydrogen-bond acceptors (Lipinski definition) is 5. The van der Waals surface area contributed by atoms with Crippen LogP contribution in [0.5, 0.6) is 0 Å². The maximum Gasteiger partial charge on any atom is 0.325 e. The van der Waals surface area contributed by atoms with Crippen molar-refractivity contribution in [3.05, 3.63) is 27.7 Å². The zero-order valence-electron chi connectivity index (χ0n) is 16.2. The van der Waals surface area contributed by atoms with E-state index in [0.717, 1.165) is 29.0 Å². The van der Waals surface area contributed by atoms with Gasteiger partial charge in [-0.15, -0.1) is 0 Å². The van der Waals surface area contributed by atoms with E-state index in [9.17, 15) is 19.2 Å². The van der Waals surface area contributed by atoms with Crippen molar-refractivity contribution in [2.24, 2.45) is 13.0 Å². The second-order valence-corrected chi connectivity index (χ2v) is 8.23. The SMILES string of the molecule is CC1CCC2(CC1)NC(=O)N(CC(=O)N1CCc3nn(C)c(=O)cc3C1)C2=O. The molecule has 1 N–H and O–H groups in total. The Morgan fingerprint density at radius 1 is 1.29 bits per heavy atom. The summed E-state index contributed by atoms with van der Waals surface area (Å²) >= 11 is 0. The Kier molecular flexibility index (Phi) is 4.47. The molecule has 0 bridgehead atoms. The highest BCUT2D eigenvalue weighted by molar-refractivity contribution is 6.09. The minimum atomic E-state index is -0.839. The Hall–Kier alpha value is -2.71. The van der Waals surface area contributed by atoms with E-state index >= 15 is 0 Å². The van der Waals surface area contributed by atoms with Gasteiger partial charge in [0, 0.05) is 38.2 Å². The van der Waals surface area contributed by atoms with Crippen molar-refractivity contribution in [1.29, 1.82) is 0 Å². The molecule has 0 atom stereocenters. The summed E-state index contributed by atoms with van der Waals surface area (Å²) in [6.07, 6.45) is 3.56. The first-order valence-electron chi connectivity index (χ1n) is 9.77. The number of carbonyl (C=O) groups is 3. The van der Waals surface area contributed by atoms with Crippen molar-refractivity contribution in [1.82, 2.24) is 24.9 Å². The van der Waals surface area contributed by atoms with Crippen LogP contribution in [0.15, 0.2) is 10.9 Å². The van der Waals surface area contributed by atoms with Gasteiger partial charge >= 0.3 is 6.03 Å². The number of nitrogens with zero attached hydrogens (tertiary/aromatic N) is 4. The van der Waals surface area contributed by atoms with Crippen molar-refractivity contribution in [3.8, 4) is 0 Å². The van der Waals surface area contributed by atoms with Crippen LogP contribution >= 0.6 is 0 Å². The van der Waals surface area contributed by atoms with Gasteiger partial charge in [-0.25, -0.2) is 9.48 Å². The number of amides is 4. The Labute approximate surface area is 162 Å². The molecule has 1 spiro atoms. The standard InChI is InChI=1S/C19H25N5O4/c1-12-3-6-19(7-4-12)17(27)24(18(28)20-19)11-16(26)23-8-5-14-13(10-23)9-15(25)22(2)21-14/h9,12H,3-8,10-11H2,1-2H3,(H,20,28). The average molecular weight is 387 g/mol. The monoisotopic (exact) mass is 387 g/mol. The van der Waals surface area contributed by atoms with Gasteiger partial charge in [-0.1, -0.05) is 6.92 Å². The van der Waals surface area contributed by atoms with Crippen molar-refractivity contribution < 1.29 is 14.4 Å². The quantitative estimate of drug-likeness (QED) is 0.728. The molecule has 9 heteroatoms. The van der Waals surface area contributed by atoms with Crippen LogP contribution in [0.3, 0.4) is 0 Å². The maximum atomic E-state index is 12.9. The number of fused-ring (bicyclic) bond motifs is 1. The Morgan fingerprint density at radius 3 is 2.71 bits per heavy atom. The van der Waals surface area contributed by atoms with Crippen molar-refractivity contribution in [3.63, 3.8) is 0 Å². The molecule has 1 aromatic heterocycles. The number of rotatable bonds is 2. The summed E-state index contributed by atoms with van der Waals surface area (Å²) < 4.78 is 1.29. The molecule has 2 fully saturated rings. The third kappa shape index (κ3) is 3.08. The van der Waals surface area contributed by atoms with Gasteiger partial charge in [-0.2, -0.15) is 5.10 Å². The molecule has 9 nitrogen and oxygen atoms in total. The average Bonchev–Trinajstić information content (AvgIpc) is 2.89. The molecule has 3 aliphatic rings. The highest BCUT2D eigenvalue weighted by Crippen LogP contribution is 2.36. The zero-order chi connectivity index (χ0) is 20.1. The van der Waals surface area contributed by atoms with Crippen LogP contribution in [-0.4, -0.2) is 56.1 Å². The molecule has 0 aromatic carbocycles. The van der Waals surface area contributed by atoms with E-state index in [4.69, 9.17) is 0 Å².